The van der Waals surface area contributed by atoms with Crippen LogP contribution >= 0.6 is 24.0 Å². The second-order valence-electron chi connectivity index (χ2n) is 6.44. The third-order valence-corrected chi connectivity index (χ3v) is 4.41. The molecule has 1 aromatic carbocycles. The first-order valence-electron chi connectivity index (χ1n) is 9.49. The molecule has 0 bridgehead atoms. The Labute approximate surface area is 177 Å². The van der Waals surface area contributed by atoms with Crippen LogP contribution in [-0.4, -0.2) is 56.2 Å². The number of nitrogens with one attached hydrogen (secondary N) is 2. The Kier molecular flexibility index (Phi) is 8.96. The van der Waals surface area contributed by atoms with Gasteiger partial charge in [0, 0.05) is 44.2 Å². The number of carbonyl (C=O) groups excluding carboxylic acids is 1. The summed E-state index contributed by atoms with van der Waals surface area (Å²) < 4.78 is 11.4. The smallest absolute Gasteiger partial charge is 0.224 e. The standard InChI is InChI=1S/C19H28N4O3.HI/c1-2-20-19(21-9-8-18(24)23-10-3-4-11-23)22-15-6-7-16-17(14-15)26-13-5-12-25-16;/h6-7,14H,2-5,8-13H2,1H3,(H2,20,21,22);1H. The van der Waals surface area contributed by atoms with E-state index in [1.807, 2.05) is 30.0 Å². The van der Waals surface area contributed by atoms with E-state index >= 15 is 0 Å². The number of guanidine groups is 1. The molecular formula is C19H29IN4O3. The molecule has 27 heavy (non-hydrogen) atoms. The molecule has 1 amide bonds. The lowest BCUT2D eigenvalue weighted by atomic mass is 10.2. The summed E-state index contributed by atoms with van der Waals surface area (Å²) in [5, 5.41) is 6.48. The van der Waals surface area contributed by atoms with Crippen LogP contribution in [0.25, 0.3) is 0 Å². The molecule has 0 aromatic heterocycles. The number of halogens is 1. The largest absolute Gasteiger partial charge is 0.490 e. The zero-order valence-corrected chi connectivity index (χ0v) is 18.2. The maximum Gasteiger partial charge on any atom is 0.224 e. The van der Waals surface area contributed by atoms with E-state index in [9.17, 15) is 4.79 Å². The molecule has 1 saturated heterocycles. The number of benzene rings is 1. The third-order valence-electron chi connectivity index (χ3n) is 4.41. The number of hydrogen-bond acceptors (Lipinski definition) is 4. The Bertz CT molecular complexity index is 648. The van der Waals surface area contributed by atoms with Crippen LogP contribution in [0.1, 0.15) is 32.6 Å². The maximum atomic E-state index is 12.1. The molecule has 0 spiro atoms. The van der Waals surface area contributed by atoms with Crippen molar-refractivity contribution in [3.63, 3.8) is 0 Å². The number of anilines is 1. The number of likely N-dealkylation sites (tertiary alicyclic amines) is 1. The van der Waals surface area contributed by atoms with Gasteiger partial charge in [0.1, 0.15) is 0 Å². The number of carbonyl (C=O) groups is 1. The van der Waals surface area contributed by atoms with Crippen molar-refractivity contribution in [3.05, 3.63) is 18.2 Å². The van der Waals surface area contributed by atoms with Gasteiger partial charge in [-0.25, -0.2) is 0 Å². The van der Waals surface area contributed by atoms with Gasteiger partial charge in [0.2, 0.25) is 5.91 Å². The molecule has 0 saturated carbocycles. The highest BCUT2D eigenvalue weighted by Crippen LogP contribution is 2.32. The highest BCUT2D eigenvalue weighted by Gasteiger charge is 2.17. The van der Waals surface area contributed by atoms with E-state index in [1.54, 1.807) is 0 Å². The molecule has 0 atom stereocenters. The number of amides is 1. The van der Waals surface area contributed by atoms with E-state index in [0.29, 0.717) is 32.1 Å². The molecule has 1 aromatic rings. The average molecular weight is 488 g/mol. The Balaban J connectivity index is 0.00000261. The summed E-state index contributed by atoms with van der Waals surface area (Å²) in [6.07, 6.45) is 3.55. The van der Waals surface area contributed by atoms with E-state index in [4.69, 9.17) is 9.47 Å². The Hall–Kier alpha value is -1.71. The van der Waals surface area contributed by atoms with E-state index in [-0.39, 0.29) is 29.9 Å². The van der Waals surface area contributed by atoms with Crippen LogP contribution in [0.15, 0.2) is 23.2 Å². The second kappa shape index (κ2) is 11.2. The minimum Gasteiger partial charge on any atom is -0.490 e. The van der Waals surface area contributed by atoms with Gasteiger partial charge in [0.05, 0.1) is 19.8 Å². The molecule has 2 heterocycles. The van der Waals surface area contributed by atoms with Gasteiger partial charge in [0.25, 0.3) is 0 Å². The van der Waals surface area contributed by atoms with Crippen LogP contribution in [0.4, 0.5) is 5.69 Å². The number of fused-ring (bicyclic) bond motifs is 1. The van der Waals surface area contributed by atoms with Crippen molar-refractivity contribution in [1.29, 1.82) is 0 Å². The molecule has 2 aliphatic heterocycles. The summed E-state index contributed by atoms with van der Waals surface area (Å²) in [5.74, 6) is 2.37. The van der Waals surface area contributed by atoms with Gasteiger partial charge in [-0.3, -0.25) is 9.79 Å². The molecule has 7 nitrogen and oxygen atoms in total. The zero-order chi connectivity index (χ0) is 18.2. The fraction of sp³-hybridized carbons (Fsp3) is 0.579. The van der Waals surface area contributed by atoms with Crippen molar-refractivity contribution >= 4 is 41.5 Å². The molecule has 2 aliphatic rings. The van der Waals surface area contributed by atoms with E-state index in [2.05, 4.69) is 15.6 Å². The Morgan fingerprint density at radius 2 is 1.89 bits per heavy atom. The van der Waals surface area contributed by atoms with Crippen LogP contribution in [-0.2, 0) is 4.79 Å². The molecule has 1 fully saturated rings. The molecule has 0 unspecified atom stereocenters. The van der Waals surface area contributed by atoms with Crippen LogP contribution in [0, 0.1) is 0 Å². The quantitative estimate of drug-likeness (QED) is 0.379. The van der Waals surface area contributed by atoms with Crippen molar-refractivity contribution in [2.24, 2.45) is 4.99 Å². The van der Waals surface area contributed by atoms with Crippen molar-refractivity contribution in [1.82, 2.24) is 10.2 Å². The molecule has 8 heteroatoms. The number of rotatable bonds is 5. The first kappa shape index (κ1) is 21.6. The topological polar surface area (TPSA) is 75.2 Å². The highest BCUT2D eigenvalue weighted by atomic mass is 127. The SMILES string of the molecule is CCNC(=NCCC(=O)N1CCCC1)Nc1ccc2c(c1)OCCCO2.I. The molecule has 3 rings (SSSR count). The lowest BCUT2D eigenvalue weighted by Crippen LogP contribution is -2.32. The first-order chi connectivity index (χ1) is 12.8. The molecular weight excluding hydrogens is 459 g/mol. The Morgan fingerprint density at radius 1 is 1.15 bits per heavy atom. The summed E-state index contributed by atoms with van der Waals surface area (Å²) >= 11 is 0. The van der Waals surface area contributed by atoms with Gasteiger partial charge in [-0.15, -0.1) is 24.0 Å². The molecule has 150 valence electrons. The van der Waals surface area contributed by atoms with Crippen molar-refractivity contribution in [3.8, 4) is 11.5 Å². The summed E-state index contributed by atoms with van der Waals surface area (Å²) in [4.78, 5) is 18.6. The summed E-state index contributed by atoms with van der Waals surface area (Å²) in [6.45, 7) is 6.33. The number of nitrogens with zero attached hydrogens (tertiary/aromatic N) is 2. The van der Waals surface area contributed by atoms with E-state index < -0.39 is 0 Å². The lowest BCUT2D eigenvalue weighted by Gasteiger charge is -2.15. The van der Waals surface area contributed by atoms with Crippen LogP contribution < -0.4 is 20.1 Å². The van der Waals surface area contributed by atoms with Gasteiger partial charge in [-0.2, -0.15) is 0 Å². The minimum atomic E-state index is 0. The van der Waals surface area contributed by atoms with Gasteiger partial charge in [0.15, 0.2) is 17.5 Å². The van der Waals surface area contributed by atoms with E-state index in [1.165, 1.54) is 0 Å². The molecule has 0 aliphatic carbocycles. The maximum absolute atomic E-state index is 12.1. The van der Waals surface area contributed by atoms with Crippen molar-refractivity contribution < 1.29 is 14.3 Å². The number of ether oxygens (including phenoxy) is 2. The third kappa shape index (κ3) is 6.44. The summed E-state index contributed by atoms with van der Waals surface area (Å²) in [7, 11) is 0. The fourth-order valence-electron chi connectivity index (χ4n) is 3.07. The predicted molar refractivity (Wildman–Crippen MR) is 117 cm³/mol. The second-order valence-corrected chi connectivity index (χ2v) is 6.44. The number of hydrogen-bond donors (Lipinski definition) is 2. The van der Waals surface area contributed by atoms with E-state index in [0.717, 1.165) is 56.1 Å². The van der Waals surface area contributed by atoms with Crippen LogP contribution in [0.5, 0.6) is 11.5 Å². The molecule has 0 radical (unpaired) electrons. The van der Waals surface area contributed by atoms with Crippen molar-refractivity contribution in [2.75, 3.05) is 44.7 Å². The van der Waals surface area contributed by atoms with Gasteiger partial charge in [-0.05, 0) is 31.9 Å². The summed E-state index contributed by atoms with van der Waals surface area (Å²) in [6, 6.07) is 5.77. The number of aliphatic imine (C=N–C) groups is 1. The van der Waals surface area contributed by atoms with Crippen LogP contribution in [0.3, 0.4) is 0 Å². The average Bonchev–Trinajstić information content (AvgIpc) is 3.08. The van der Waals surface area contributed by atoms with Gasteiger partial charge < -0.3 is 25.0 Å². The summed E-state index contributed by atoms with van der Waals surface area (Å²) in [5.41, 5.74) is 0.875. The minimum absolute atomic E-state index is 0. The fourth-order valence-corrected chi connectivity index (χ4v) is 3.07. The lowest BCUT2D eigenvalue weighted by molar-refractivity contribution is -0.129. The van der Waals surface area contributed by atoms with Crippen LogP contribution in [0.2, 0.25) is 0 Å². The highest BCUT2D eigenvalue weighted by molar-refractivity contribution is 14.0. The Morgan fingerprint density at radius 3 is 2.63 bits per heavy atom. The van der Waals surface area contributed by atoms with Gasteiger partial charge in [-0.1, -0.05) is 0 Å². The predicted octanol–water partition coefficient (Wildman–Crippen LogP) is 2.86. The monoisotopic (exact) mass is 488 g/mol. The normalized spacial score (nSPS) is 16.3. The molecule has 2 N–H and O–H groups in total. The van der Waals surface area contributed by atoms with Crippen molar-refractivity contribution in [2.45, 2.75) is 32.6 Å². The zero-order valence-electron chi connectivity index (χ0n) is 15.8. The first-order valence-corrected chi connectivity index (χ1v) is 9.49. The van der Waals surface area contributed by atoms with Gasteiger partial charge >= 0.3 is 0 Å².